The Morgan fingerprint density at radius 1 is 0.806 bits per heavy atom. The van der Waals surface area contributed by atoms with Gasteiger partial charge >= 0.3 is 0 Å². The van der Waals surface area contributed by atoms with Crippen LogP contribution in [0, 0.1) is 0 Å². The summed E-state index contributed by atoms with van der Waals surface area (Å²) in [4.78, 5) is 23.5. The van der Waals surface area contributed by atoms with E-state index in [-0.39, 0.29) is 0 Å². The summed E-state index contributed by atoms with van der Waals surface area (Å²) in [7, 11) is 7.24. The quantitative estimate of drug-likeness (QED) is 0.367. The van der Waals surface area contributed by atoms with Crippen molar-refractivity contribution in [2.24, 2.45) is 0 Å². The van der Waals surface area contributed by atoms with Crippen LogP contribution in [0.25, 0.3) is 34.3 Å². The Kier molecular flexibility index (Phi) is 6.66. The molecule has 8 heteroatoms. The predicted octanol–water partition coefficient (Wildman–Crippen LogP) is 4.94. The van der Waals surface area contributed by atoms with Crippen LogP contribution in [0.4, 0.5) is 11.6 Å². The number of rotatable bonds is 7. The van der Waals surface area contributed by atoms with Crippen molar-refractivity contribution in [3.05, 3.63) is 60.2 Å². The monoisotopic (exact) mass is 482 g/mol. The Balaban J connectivity index is 1.56. The van der Waals surface area contributed by atoms with Crippen LogP contribution < -0.4 is 19.3 Å². The van der Waals surface area contributed by atoms with Gasteiger partial charge in [-0.2, -0.15) is 0 Å². The summed E-state index contributed by atoms with van der Waals surface area (Å²) in [5, 5.41) is 1.02. The van der Waals surface area contributed by atoms with Crippen molar-refractivity contribution >= 4 is 34.7 Å². The van der Waals surface area contributed by atoms with Gasteiger partial charge in [0.1, 0.15) is 11.6 Å². The number of aromatic nitrogens is 4. The number of ether oxygens (including phenoxy) is 2. The van der Waals surface area contributed by atoms with E-state index in [0.717, 1.165) is 46.9 Å². The highest BCUT2D eigenvalue weighted by Crippen LogP contribution is 2.33. The first-order chi connectivity index (χ1) is 17.6. The Labute approximate surface area is 211 Å². The third-order valence-electron chi connectivity index (χ3n) is 6.24. The molecule has 0 radical (unpaired) electrons. The summed E-state index contributed by atoms with van der Waals surface area (Å²) in [5.74, 6) is 4.35. The number of hydrogen-bond donors (Lipinski definition) is 0. The summed E-state index contributed by atoms with van der Waals surface area (Å²) in [6, 6.07) is 15.9. The summed E-state index contributed by atoms with van der Waals surface area (Å²) >= 11 is 0. The summed E-state index contributed by atoms with van der Waals surface area (Å²) < 4.78 is 10.9. The fourth-order valence-corrected chi connectivity index (χ4v) is 4.42. The van der Waals surface area contributed by atoms with Crippen LogP contribution in [-0.2, 0) is 0 Å². The van der Waals surface area contributed by atoms with Crippen molar-refractivity contribution in [3.63, 3.8) is 0 Å². The highest BCUT2D eigenvalue weighted by Gasteiger charge is 2.17. The molecule has 8 nitrogen and oxygen atoms in total. The van der Waals surface area contributed by atoms with Crippen molar-refractivity contribution < 1.29 is 9.47 Å². The van der Waals surface area contributed by atoms with Crippen molar-refractivity contribution in [2.45, 2.75) is 12.8 Å². The first-order valence-corrected chi connectivity index (χ1v) is 12.0. The molecule has 0 amide bonds. The minimum atomic E-state index is 0.604. The minimum absolute atomic E-state index is 0.604. The molecule has 36 heavy (non-hydrogen) atoms. The topological polar surface area (TPSA) is 76.5 Å². The van der Waals surface area contributed by atoms with E-state index in [0.29, 0.717) is 23.1 Å². The molecular weight excluding hydrogens is 452 g/mol. The summed E-state index contributed by atoms with van der Waals surface area (Å²) in [5.41, 5.74) is 2.65. The van der Waals surface area contributed by atoms with Crippen LogP contribution in [-0.4, -0.2) is 61.3 Å². The van der Waals surface area contributed by atoms with E-state index >= 15 is 0 Å². The van der Waals surface area contributed by atoms with E-state index in [4.69, 9.17) is 29.4 Å². The molecule has 3 heterocycles. The van der Waals surface area contributed by atoms with Gasteiger partial charge in [-0.3, -0.25) is 0 Å². The molecule has 1 aliphatic heterocycles. The average Bonchev–Trinajstić information content (AvgIpc) is 3.46. The second-order valence-corrected chi connectivity index (χ2v) is 8.88. The van der Waals surface area contributed by atoms with E-state index < -0.39 is 0 Å². The van der Waals surface area contributed by atoms with Gasteiger partial charge in [-0.1, -0.05) is 12.1 Å². The van der Waals surface area contributed by atoms with Gasteiger partial charge in [0, 0.05) is 44.2 Å². The Hall–Kier alpha value is -4.20. The van der Waals surface area contributed by atoms with E-state index in [1.54, 1.807) is 14.2 Å². The van der Waals surface area contributed by atoms with Crippen molar-refractivity contribution in [3.8, 4) is 22.8 Å². The van der Waals surface area contributed by atoms with Gasteiger partial charge in [0.05, 0.1) is 25.4 Å². The van der Waals surface area contributed by atoms with Crippen LogP contribution >= 0.6 is 0 Å². The molecule has 5 rings (SSSR count). The lowest BCUT2D eigenvalue weighted by Crippen LogP contribution is -2.19. The molecular formula is C28H30N6O2. The van der Waals surface area contributed by atoms with Gasteiger partial charge in [0.15, 0.2) is 23.1 Å². The first-order valence-electron chi connectivity index (χ1n) is 12.0. The predicted molar refractivity (Wildman–Crippen MR) is 145 cm³/mol. The minimum Gasteiger partial charge on any atom is -0.493 e. The Bertz CT molecular complexity index is 1410. The van der Waals surface area contributed by atoms with Crippen LogP contribution in [0.3, 0.4) is 0 Å². The van der Waals surface area contributed by atoms with E-state index in [1.165, 1.54) is 12.8 Å². The zero-order valence-electron chi connectivity index (χ0n) is 21.1. The number of nitrogens with zero attached hydrogens (tertiary/aromatic N) is 6. The van der Waals surface area contributed by atoms with Crippen molar-refractivity contribution in [1.82, 2.24) is 19.9 Å². The molecule has 184 valence electrons. The summed E-state index contributed by atoms with van der Waals surface area (Å²) in [6.07, 6.45) is 6.09. The lowest BCUT2D eigenvalue weighted by Gasteiger charge is -2.18. The van der Waals surface area contributed by atoms with Crippen molar-refractivity contribution in [2.75, 3.05) is 51.2 Å². The van der Waals surface area contributed by atoms with Crippen LogP contribution in [0.1, 0.15) is 24.5 Å². The molecule has 1 saturated heterocycles. The number of methoxy groups -OCH3 is 2. The number of anilines is 2. The van der Waals surface area contributed by atoms with Gasteiger partial charge in [-0.25, -0.2) is 19.9 Å². The molecule has 0 saturated carbocycles. The first kappa shape index (κ1) is 23.5. The third-order valence-corrected chi connectivity index (χ3v) is 6.24. The second kappa shape index (κ2) is 10.2. The lowest BCUT2D eigenvalue weighted by molar-refractivity contribution is 0.355. The molecule has 0 N–H and O–H groups in total. The molecule has 0 bridgehead atoms. The van der Waals surface area contributed by atoms with Gasteiger partial charge < -0.3 is 19.3 Å². The number of hydrogen-bond acceptors (Lipinski definition) is 8. The van der Waals surface area contributed by atoms with Gasteiger partial charge in [0.25, 0.3) is 0 Å². The summed E-state index contributed by atoms with van der Waals surface area (Å²) in [6.45, 7) is 1.98. The third kappa shape index (κ3) is 4.79. The fourth-order valence-electron chi connectivity index (χ4n) is 4.42. The number of para-hydroxylation sites is 1. The molecule has 1 aliphatic rings. The molecule has 1 fully saturated rings. The highest BCUT2D eigenvalue weighted by molar-refractivity contribution is 5.90. The molecule has 2 aromatic heterocycles. The Morgan fingerprint density at radius 3 is 2.25 bits per heavy atom. The maximum atomic E-state index is 5.52. The smallest absolute Gasteiger partial charge is 0.161 e. The molecule has 0 atom stereocenters. The van der Waals surface area contributed by atoms with Gasteiger partial charge in [0.2, 0.25) is 0 Å². The lowest BCUT2D eigenvalue weighted by atomic mass is 10.1. The molecule has 4 aromatic rings. The van der Waals surface area contributed by atoms with E-state index in [2.05, 4.69) is 4.90 Å². The zero-order chi connectivity index (χ0) is 25.1. The Morgan fingerprint density at radius 2 is 1.53 bits per heavy atom. The molecule has 0 unspecified atom stereocenters. The maximum absolute atomic E-state index is 5.52. The molecule has 0 aliphatic carbocycles. The molecule has 2 aromatic carbocycles. The second-order valence-electron chi connectivity index (χ2n) is 8.88. The highest BCUT2D eigenvalue weighted by atomic mass is 16.5. The van der Waals surface area contributed by atoms with E-state index in [1.807, 2.05) is 79.7 Å². The normalized spacial score (nSPS) is 13.5. The number of fused-ring (bicyclic) bond motifs is 1. The van der Waals surface area contributed by atoms with Crippen LogP contribution in [0.5, 0.6) is 11.5 Å². The number of benzene rings is 2. The van der Waals surface area contributed by atoms with Crippen LogP contribution in [0.2, 0.25) is 0 Å². The van der Waals surface area contributed by atoms with Crippen molar-refractivity contribution in [1.29, 1.82) is 0 Å². The largest absolute Gasteiger partial charge is 0.493 e. The fraction of sp³-hybridized carbons (Fsp3) is 0.286. The van der Waals surface area contributed by atoms with Gasteiger partial charge in [-0.15, -0.1) is 0 Å². The molecule has 0 spiro atoms. The SMILES string of the molecule is COc1ccc(-c2cc(N3CCCC3)nc(C=Cc3nc(N(C)C)c4ccccc4n3)n2)cc1OC. The van der Waals surface area contributed by atoms with Crippen LogP contribution in [0.15, 0.2) is 48.5 Å². The van der Waals surface area contributed by atoms with Gasteiger partial charge in [-0.05, 0) is 55.3 Å². The zero-order valence-corrected chi connectivity index (χ0v) is 21.1. The average molecular weight is 483 g/mol. The standard InChI is InChI=1S/C28H30N6O2/c1-33(2)28-20-9-5-6-10-21(20)29-26(32-28)14-13-25-30-22(18-27(31-25)34-15-7-8-16-34)19-11-12-23(35-3)24(17-19)36-4/h5-6,9-14,17-18H,7-8,15-16H2,1-4H3. The van der Waals surface area contributed by atoms with E-state index in [9.17, 15) is 0 Å². The maximum Gasteiger partial charge on any atom is 0.161 e.